The minimum atomic E-state index is -0.431. The average molecular weight is 255 g/mol. The van der Waals surface area contributed by atoms with Crippen LogP contribution >= 0.6 is 22.9 Å². The molecule has 0 spiro atoms. The van der Waals surface area contributed by atoms with Crippen molar-refractivity contribution in [2.24, 2.45) is 5.41 Å². The summed E-state index contributed by atoms with van der Waals surface area (Å²) in [6.45, 7) is 6.44. The fourth-order valence-electron chi connectivity index (χ4n) is 1.58. The molecular formula is C13H17BCl2. The predicted molar refractivity (Wildman–Crippen MR) is 75.1 cm³/mol. The average Bonchev–Trinajstić information content (AvgIpc) is 2.16. The third-order valence-electron chi connectivity index (χ3n) is 2.15. The van der Waals surface area contributed by atoms with Crippen LogP contribution in [0, 0.1) is 5.41 Å². The first kappa shape index (κ1) is 13.7. The predicted octanol–water partition coefficient (Wildman–Crippen LogP) is 4.71. The second-order valence-electron chi connectivity index (χ2n) is 5.05. The number of benzene rings is 1. The lowest BCUT2D eigenvalue weighted by Crippen LogP contribution is -2.10. The summed E-state index contributed by atoms with van der Waals surface area (Å²) in [5, 5.41) is 0. The second kappa shape index (κ2) is 5.79. The van der Waals surface area contributed by atoms with Gasteiger partial charge in [0.2, 0.25) is 0 Å². The van der Waals surface area contributed by atoms with E-state index in [1.54, 1.807) is 0 Å². The van der Waals surface area contributed by atoms with Crippen LogP contribution in [0.1, 0.15) is 26.3 Å². The van der Waals surface area contributed by atoms with Crippen LogP contribution in [0.4, 0.5) is 0 Å². The summed E-state index contributed by atoms with van der Waals surface area (Å²) in [7, 11) is 0. The highest BCUT2D eigenvalue weighted by Gasteiger charge is 2.17. The molecule has 0 nitrogen and oxygen atoms in total. The molecule has 0 atom stereocenters. The topological polar surface area (TPSA) is 0 Å². The molecular weight excluding hydrogens is 238 g/mol. The van der Waals surface area contributed by atoms with Gasteiger partial charge in [-0.15, -0.1) is 0 Å². The molecule has 1 aromatic rings. The minimum Gasteiger partial charge on any atom is -0.165 e. The number of allylic oxidation sites excluding steroid dienone is 2. The van der Waals surface area contributed by atoms with Crippen LogP contribution in [0.3, 0.4) is 0 Å². The Balaban J connectivity index is 2.86. The van der Waals surface area contributed by atoms with E-state index >= 15 is 0 Å². The highest BCUT2D eigenvalue weighted by atomic mass is 35.5. The first-order valence-electron chi connectivity index (χ1n) is 5.42. The molecule has 0 fully saturated rings. The van der Waals surface area contributed by atoms with Crippen molar-refractivity contribution in [1.29, 1.82) is 0 Å². The first-order chi connectivity index (χ1) is 7.38. The molecule has 0 aliphatic heterocycles. The Bertz CT molecular complexity index is 350. The fourth-order valence-corrected chi connectivity index (χ4v) is 1.86. The van der Waals surface area contributed by atoms with Gasteiger partial charge < -0.3 is 0 Å². The van der Waals surface area contributed by atoms with Gasteiger partial charge in [-0.2, -0.15) is 22.9 Å². The van der Waals surface area contributed by atoms with Crippen LogP contribution in [-0.4, -0.2) is 5.54 Å². The van der Waals surface area contributed by atoms with Gasteiger partial charge in [-0.1, -0.05) is 62.7 Å². The van der Waals surface area contributed by atoms with Crippen LogP contribution in [0.25, 0.3) is 0 Å². The quantitative estimate of drug-likeness (QED) is 0.686. The Morgan fingerprint density at radius 3 is 2.19 bits per heavy atom. The lowest BCUT2D eigenvalue weighted by atomic mass is 9.80. The fraction of sp³-hybridized carbons (Fsp3) is 0.385. The van der Waals surface area contributed by atoms with Gasteiger partial charge in [0.1, 0.15) is 0 Å². The van der Waals surface area contributed by atoms with E-state index < -0.39 is 5.54 Å². The number of rotatable bonds is 3. The van der Waals surface area contributed by atoms with Crippen molar-refractivity contribution in [2.75, 3.05) is 0 Å². The summed E-state index contributed by atoms with van der Waals surface area (Å²) in [5.74, 6) is 0. The summed E-state index contributed by atoms with van der Waals surface area (Å²) in [5.41, 5.74) is 1.98. The maximum Gasteiger partial charge on any atom is 0.378 e. The van der Waals surface area contributed by atoms with Crippen LogP contribution in [0.15, 0.2) is 41.9 Å². The van der Waals surface area contributed by atoms with E-state index in [1.807, 2.05) is 18.2 Å². The molecule has 0 aromatic heterocycles. The summed E-state index contributed by atoms with van der Waals surface area (Å²) < 4.78 is 0. The highest BCUT2D eigenvalue weighted by Crippen LogP contribution is 2.23. The molecule has 0 aliphatic rings. The van der Waals surface area contributed by atoms with Gasteiger partial charge in [-0.3, -0.25) is 0 Å². The Kier molecular flexibility index (Phi) is 4.95. The molecule has 1 rings (SSSR count). The smallest absolute Gasteiger partial charge is 0.165 e. The third-order valence-corrected chi connectivity index (χ3v) is 2.71. The highest BCUT2D eigenvalue weighted by molar-refractivity contribution is 7.37. The molecule has 86 valence electrons. The molecule has 3 heteroatoms. The maximum absolute atomic E-state index is 6.00. The molecule has 0 saturated carbocycles. The molecule has 0 bridgehead atoms. The van der Waals surface area contributed by atoms with Crippen molar-refractivity contribution in [3.05, 3.63) is 47.4 Å². The number of hydrogen-bond acceptors (Lipinski definition) is 0. The molecule has 0 N–H and O–H groups in total. The van der Waals surface area contributed by atoms with Crippen molar-refractivity contribution in [3.8, 4) is 0 Å². The molecule has 0 saturated heterocycles. The number of halogens is 2. The van der Waals surface area contributed by atoms with Gasteiger partial charge in [0.05, 0.1) is 0 Å². The lowest BCUT2D eigenvalue weighted by Gasteiger charge is -2.16. The van der Waals surface area contributed by atoms with E-state index in [-0.39, 0.29) is 5.41 Å². The summed E-state index contributed by atoms with van der Waals surface area (Å²) in [6, 6.07) is 10.2. The molecule has 0 unspecified atom stereocenters. The zero-order valence-electron chi connectivity index (χ0n) is 10.0. The van der Waals surface area contributed by atoms with Crippen LogP contribution in [-0.2, 0) is 6.42 Å². The molecule has 0 radical (unpaired) electrons. The molecule has 1 aromatic carbocycles. The normalized spacial score (nSPS) is 12.7. The van der Waals surface area contributed by atoms with Crippen molar-refractivity contribution < 1.29 is 0 Å². The van der Waals surface area contributed by atoms with E-state index in [0.29, 0.717) is 0 Å². The van der Waals surface area contributed by atoms with Crippen LogP contribution in [0.5, 0.6) is 0 Å². The molecule has 0 aliphatic carbocycles. The summed E-state index contributed by atoms with van der Waals surface area (Å²) in [6.07, 6.45) is 2.97. The van der Waals surface area contributed by atoms with E-state index in [1.165, 1.54) is 5.56 Å². The van der Waals surface area contributed by atoms with Crippen molar-refractivity contribution in [3.63, 3.8) is 0 Å². The Morgan fingerprint density at radius 1 is 1.19 bits per heavy atom. The van der Waals surface area contributed by atoms with Gasteiger partial charge in [-0.25, -0.2) is 0 Å². The van der Waals surface area contributed by atoms with E-state index in [2.05, 4.69) is 39.0 Å². The second-order valence-corrected chi connectivity index (χ2v) is 6.14. The van der Waals surface area contributed by atoms with Gasteiger partial charge in [0.15, 0.2) is 0 Å². The lowest BCUT2D eigenvalue weighted by molar-refractivity contribution is 0.541. The summed E-state index contributed by atoms with van der Waals surface area (Å²) in [4.78, 5) is 0. The van der Waals surface area contributed by atoms with Gasteiger partial charge in [0, 0.05) is 0 Å². The maximum atomic E-state index is 6.00. The molecule has 0 amide bonds. The number of hydrogen-bond donors (Lipinski definition) is 0. The van der Waals surface area contributed by atoms with Crippen molar-refractivity contribution in [2.45, 2.75) is 27.2 Å². The van der Waals surface area contributed by atoms with Gasteiger partial charge >= 0.3 is 5.54 Å². The van der Waals surface area contributed by atoms with Gasteiger partial charge in [0.25, 0.3) is 0 Å². The standard InChI is InChI=1S/C13H17BCl2/c1-13(2,3)10-12(14(15)16)9-11-7-5-4-6-8-11/h4-8,10H,9H2,1-3H3. The third kappa shape index (κ3) is 5.09. The minimum absolute atomic E-state index is 0.103. The van der Waals surface area contributed by atoms with Crippen molar-refractivity contribution >= 4 is 28.5 Å². The Hall–Kier alpha value is -0.395. The summed E-state index contributed by atoms with van der Waals surface area (Å²) >= 11 is 12.0. The molecule has 0 heterocycles. The van der Waals surface area contributed by atoms with E-state index in [0.717, 1.165) is 11.9 Å². The SMILES string of the molecule is CC(C)(C)C=C(Cc1ccccc1)B(Cl)Cl. The van der Waals surface area contributed by atoms with E-state index in [4.69, 9.17) is 22.9 Å². The first-order valence-corrected chi connectivity index (χ1v) is 6.29. The van der Waals surface area contributed by atoms with Gasteiger partial charge in [-0.05, 0) is 17.4 Å². The zero-order chi connectivity index (χ0) is 12.2. The monoisotopic (exact) mass is 254 g/mol. The van der Waals surface area contributed by atoms with E-state index in [9.17, 15) is 0 Å². The Labute approximate surface area is 109 Å². The van der Waals surface area contributed by atoms with Crippen LogP contribution < -0.4 is 0 Å². The largest absolute Gasteiger partial charge is 0.378 e. The Morgan fingerprint density at radius 2 is 1.75 bits per heavy atom. The van der Waals surface area contributed by atoms with Crippen molar-refractivity contribution in [1.82, 2.24) is 0 Å². The zero-order valence-corrected chi connectivity index (χ0v) is 11.5. The molecule has 16 heavy (non-hydrogen) atoms. The van der Waals surface area contributed by atoms with Crippen LogP contribution in [0.2, 0.25) is 0 Å².